The van der Waals surface area contributed by atoms with Gasteiger partial charge < -0.3 is 21.1 Å². The molecule has 0 radical (unpaired) electrons. The molecule has 7 nitrogen and oxygen atoms in total. The fourth-order valence-electron chi connectivity index (χ4n) is 6.84. The molecule has 7 heteroatoms. The van der Waals surface area contributed by atoms with E-state index in [0.717, 1.165) is 19.3 Å². The topological polar surface area (TPSA) is 138 Å². The molecular weight excluding hydrogens is 350 g/mol. The first-order valence-corrected chi connectivity index (χ1v) is 10.1. The summed E-state index contributed by atoms with van der Waals surface area (Å²) >= 11 is 0. The first-order chi connectivity index (χ1) is 12.7. The van der Waals surface area contributed by atoms with Crippen LogP contribution in [0.3, 0.4) is 0 Å². The Morgan fingerprint density at radius 3 is 2.22 bits per heavy atom. The summed E-state index contributed by atoms with van der Waals surface area (Å²) < 4.78 is 0. The summed E-state index contributed by atoms with van der Waals surface area (Å²) in [6.07, 6.45) is 0.384. The van der Waals surface area contributed by atoms with Crippen LogP contribution in [-0.2, 0) is 14.4 Å². The van der Waals surface area contributed by atoms with Gasteiger partial charge in [-0.1, -0.05) is 13.3 Å². The van der Waals surface area contributed by atoms with Gasteiger partial charge in [-0.05, 0) is 49.4 Å². The second kappa shape index (κ2) is 6.64. The monoisotopic (exact) mass is 379 g/mol. The minimum absolute atomic E-state index is 0.0280. The van der Waals surface area contributed by atoms with E-state index in [1.807, 2.05) is 6.92 Å². The number of Topliss-reactive ketones (excluding diaryl/α,β-unsaturated/α-hetero) is 2. The lowest BCUT2D eigenvalue weighted by Gasteiger charge is -2.56. The lowest BCUT2D eigenvalue weighted by Crippen LogP contribution is -2.64. The summed E-state index contributed by atoms with van der Waals surface area (Å²) in [6, 6.07) is 0. The fraction of sp³-hybridized carbons (Fsp3) is 0.850. The number of carbonyl (C=O) groups is 3. The third-order valence-corrected chi connectivity index (χ3v) is 8.08. The Kier molecular flexibility index (Phi) is 4.68. The molecule has 4 saturated carbocycles. The molecule has 4 aliphatic rings. The molecule has 0 saturated heterocycles. The Hall–Kier alpha value is -1.31. The van der Waals surface area contributed by atoms with Crippen molar-refractivity contribution in [3.05, 3.63) is 0 Å². The minimum atomic E-state index is -1.32. The number of nitrogens with two attached hydrogens (primary N) is 1. The Morgan fingerprint density at radius 2 is 1.56 bits per heavy atom. The fourth-order valence-corrected chi connectivity index (χ4v) is 6.84. The summed E-state index contributed by atoms with van der Waals surface area (Å²) in [5.74, 6) is -5.12. The van der Waals surface area contributed by atoms with E-state index in [4.69, 9.17) is 5.73 Å². The maximum Gasteiger partial charge on any atom is 0.230 e. The predicted octanol–water partition coefficient (Wildman–Crippen LogP) is -0.353. The van der Waals surface area contributed by atoms with E-state index in [1.54, 1.807) is 0 Å². The van der Waals surface area contributed by atoms with Gasteiger partial charge in [0.05, 0.1) is 18.3 Å². The van der Waals surface area contributed by atoms with Crippen molar-refractivity contribution in [3.63, 3.8) is 0 Å². The normalized spacial score (nSPS) is 52.5. The van der Waals surface area contributed by atoms with Crippen molar-refractivity contribution in [1.82, 2.24) is 0 Å². The molecule has 1 amide bonds. The van der Waals surface area contributed by atoms with Crippen molar-refractivity contribution in [2.45, 2.75) is 57.3 Å². The number of fused-ring (bicyclic) bond motifs is 3. The zero-order valence-electron chi connectivity index (χ0n) is 15.5. The highest BCUT2D eigenvalue weighted by atomic mass is 16.3. The van der Waals surface area contributed by atoms with Crippen molar-refractivity contribution in [3.8, 4) is 0 Å². The zero-order chi connectivity index (χ0) is 19.6. The number of hydrogen-bond acceptors (Lipinski definition) is 6. The van der Waals surface area contributed by atoms with Crippen LogP contribution in [0.2, 0.25) is 0 Å². The largest absolute Gasteiger partial charge is 0.392 e. The number of carbonyl (C=O) groups excluding carboxylic acids is 3. The molecule has 11 atom stereocenters. The van der Waals surface area contributed by atoms with E-state index in [1.165, 1.54) is 0 Å². The van der Waals surface area contributed by atoms with Crippen LogP contribution in [0.4, 0.5) is 0 Å². The lowest BCUT2D eigenvalue weighted by atomic mass is 9.48. The standard InChI is InChI=1S/C20H29NO6/c1-7-9-5-8-3-2-4-11(22)13(8)17(24)14(9)18(25)15-10(7)6-12(23)16(19(15)26)20(21)27/h7-16,18,22-23,25H,2-6H2,1H3,(H2,21,27). The highest BCUT2D eigenvalue weighted by molar-refractivity contribution is 6.03. The molecule has 0 aromatic rings. The molecule has 0 aromatic carbocycles. The number of hydrogen-bond donors (Lipinski definition) is 4. The van der Waals surface area contributed by atoms with Crippen molar-refractivity contribution in [1.29, 1.82) is 0 Å². The van der Waals surface area contributed by atoms with Gasteiger partial charge in [0.1, 0.15) is 11.7 Å². The van der Waals surface area contributed by atoms with Gasteiger partial charge in [0.15, 0.2) is 5.78 Å². The maximum atomic E-state index is 13.2. The van der Waals surface area contributed by atoms with E-state index < -0.39 is 53.7 Å². The molecule has 4 fully saturated rings. The van der Waals surface area contributed by atoms with Crippen LogP contribution in [0.1, 0.15) is 39.0 Å². The Balaban J connectivity index is 1.69. The van der Waals surface area contributed by atoms with Crippen LogP contribution in [0.25, 0.3) is 0 Å². The van der Waals surface area contributed by atoms with Gasteiger partial charge >= 0.3 is 0 Å². The number of aliphatic hydroxyl groups is 3. The summed E-state index contributed by atoms with van der Waals surface area (Å²) in [5.41, 5.74) is 5.31. The predicted molar refractivity (Wildman–Crippen MR) is 93.9 cm³/mol. The smallest absolute Gasteiger partial charge is 0.230 e. The average molecular weight is 379 g/mol. The van der Waals surface area contributed by atoms with Crippen molar-refractivity contribution in [2.75, 3.05) is 0 Å². The molecule has 0 spiro atoms. The molecule has 0 heterocycles. The van der Waals surface area contributed by atoms with Crippen molar-refractivity contribution >= 4 is 17.5 Å². The maximum absolute atomic E-state index is 13.2. The number of aliphatic hydroxyl groups excluding tert-OH is 3. The van der Waals surface area contributed by atoms with Gasteiger partial charge in [-0.2, -0.15) is 0 Å². The lowest BCUT2D eigenvalue weighted by molar-refractivity contribution is -0.179. The Morgan fingerprint density at radius 1 is 0.926 bits per heavy atom. The molecule has 4 aliphatic carbocycles. The summed E-state index contributed by atoms with van der Waals surface area (Å²) in [4.78, 5) is 37.8. The van der Waals surface area contributed by atoms with Gasteiger partial charge in [0.25, 0.3) is 0 Å². The van der Waals surface area contributed by atoms with Crippen molar-refractivity contribution in [2.24, 2.45) is 53.1 Å². The summed E-state index contributed by atoms with van der Waals surface area (Å²) in [6.45, 7) is 1.98. The molecule has 0 aromatic heterocycles. The Bertz CT molecular complexity index is 665. The third-order valence-electron chi connectivity index (χ3n) is 8.08. The average Bonchev–Trinajstić information content (AvgIpc) is 2.58. The molecule has 11 unspecified atom stereocenters. The van der Waals surface area contributed by atoms with Gasteiger partial charge in [0, 0.05) is 17.8 Å². The molecule has 27 heavy (non-hydrogen) atoms. The van der Waals surface area contributed by atoms with Crippen LogP contribution >= 0.6 is 0 Å². The van der Waals surface area contributed by atoms with E-state index in [0.29, 0.717) is 6.42 Å². The number of amides is 1. The number of ketones is 2. The molecular formula is C20H29NO6. The first kappa shape index (κ1) is 19.0. The molecule has 150 valence electrons. The number of rotatable bonds is 1. The van der Waals surface area contributed by atoms with Gasteiger partial charge in [-0.25, -0.2) is 0 Å². The van der Waals surface area contributed by atoms with E-state index >= 15 is 0 Å². The van der Waals surface area contributed by atoms with Gasteiger partial charge in [-0.15, -0.1) is 0 Å². The first-order valence-electron chi connectivity index (χ1n) is 10.1. The third kappa shape index (κ3) is 2.69. The highest BCUT2D eigenvalue weighted by Gasteiger charge is 2.61. The minimum Gasteiger partial charge on any atom is -0.392 e. The highest BCUT2D eigenvalue weighted by Crippen LogP contribution is 2.55. The van der Waals surface area contributed by atoms with Crippen LogP contribution in [-0.4, -0.2) is 51.1 Å². The second-order valence-electron chi connectivity index (χ2n) is 9.24. The molecule has 4 rings (SSSR count). The van der Waals surface area contributed by atoms with Crippen LogP contribution in [0, 0.1) is 47.3 Å². The quantitative estimate of drug-likeness (QED) is 0.459. The van der Waals surface area contributed by atoms with E-state index in [2.05, 4.69) is 0 Å². The van der Waals surface area contributed by atoms with Crippen LogP contribution in [0.5, 0.6) is 0 Å². The van der Waals surface area contributed by atoms with Gasteiger partial charge in [-0.3, -0.25) is 14.4 Å². The Labute approximate surface area is 158 Å². The molecule has 0 bridgehead atoms. The summed E-state index contributed by atoms with van der Waals surface area (Å²) in [5, 5.41) is 31.8. The van der Waals surface area contributed by atoms with Gasteiger partial charge in [0.2, 0.25) is 5.91 Å². The molecule has 0 aliphatic heterocycles. The zero-order valence-corrected chi connectivity index (χ0v) is 15.5. The van der Waals surface area contributed by atoms with E-state index in [-0.39, 0.29) is 35.9 Å². The van der Waals surface area contributed by atoms with Crippen molar-refractivity contribution < 1.29 is 29.7 Å². The second-order valence-corrected chi connectivity index (χ2v) is 9.24. The molecule has 5 N–H and O–H groups in total. The summed E-state index contributed by atoms with van der Waals surface area (Å²) in [7, 11) is 0. The SMILES string of the molecule is CC1C2CC(O)C(C(N)=O)C(=O)C2C(O)C2C(=O)C3C(O)CCCC3CC12. The van der Waals surface area contributed by atoms with E-state index in [9.17, 15) is 29.7 Å². The van der Waals surface area contributed by atoms with Crippen LogP contribution < -0.4 is 5.73 Å². The van der Waals surface area contributed by atoms with Crippen LogP contribution in [0.15, 0.2) is 0 Å². The number of primary amides is 1.